The third kappa shape index (κ3) is 7.81. The molecule has 142 valence electrons. The SMILES string of the molecule is CC(C)NC(=O)CN1CCN(CCCOC(C)C)C[C@@H]1C(F)(F)F. The summed E-state index contributed by atoms with van der Waals surface area (Å²) in [6.07, 6.45) is -3.51. The molecule has 0 aromatic rings. The number of ether oxygens (including phenoxy) is 1. The van der Waals surface area contributed by atoms with Gasteiger partial charge in [0.15, 0.2) is 0 Å². The van der Waals surface area contributed by atoms with Crippen molar-refractivity contribution >= 4 is 5.91 Å². The molecule has 1 heterocycles. The number of nitrogens with one attached hydrogen (secondary N) is 1. The minimum atomic E-state index is -4.34. The lowest BCUT2D eigenvalue weighted by Gasteiger charge is -2.41. The number of halogens is 3. The Bertz CT molecular complexity index is 389. The lowest BCUT2D eigenvalue weighted by molar-refractivity contribution is -0.197. The first-order valence-electron chi connectivity index (χ1n) is 8.53. The largest absolute Gasteiger partial charge is 0.405 e. The minimum Gasteiger partial charge on any atom is -0.379 e. The smallest absolute Gasteiger partial charge is 0.379 e. The number of rotatable bonds is 8. The van der Waals surface area contributed by atoms with Crippen LogP contribution in [0.4, 0.5) is 13.2 Å². The number of carbonyl (C=O) groups is 1. The van der Waals surface area contributed by atoms with E-state index >= 15 is 0 Å². The third-order valence-corrected chi connectivity index (χ3v) is 3.82. The second-order valence-corrected chi connectivity index (χ2v) is 6.82. The Hall–Kier alpha value is -0.860. The summed E-state index contributed by atoms with van der Waals surface area (Å²) < 4.78 is 45.5. The highest BCUT2D eigenvalue weighted by Crippen LogP contribution is 2.27. The highest BCUT2D eigenvalue weighted by molar-refractivity contribution is 5.78. The Labute approximate surface area is 142 Å². The molecule has 1 N–H and O–H groups in total. The molecule has 1 aliphatic heterocycles. The average Bonchev–Trinajstić information content (AvgIpc) is 2.42. The van der Waals surface area contributed by atoms with E-state index in [1.54, 1.807) is 18.7 Å². The highest BCUT2D eigenvalue weighted by Gasteiger charge is 2.46. The topological polar surface area (TPSA) is 44.8 Å². The molecule has 1 rings (SSSR count). The number of hydrogen-bond acceptors (Lipinski definition) is 4. The number of piperazine rings is 1. The van der Waals surface area contributed by atoms with E-state index in [4.69, 9.17) is 4.74 Å². The molecular formula is C16H30F3N3O2. The van der Waals surface area contributed by atoms with Crippen molar-refractivity contribution in [2.24, 2.45) is 0 Å². The first-order chi connectivity index (χ1) is 11.1. The van der Waals surface area contributed by atoms with Crippen molar-refractivity contribution in [3.63, 3.8) is 0 Å². The van der Waals surface area contributed by atoms with Gasteiger partial charge in [-0.25, -0.2) is 0 Å². The summed E-state index contributed by atoms with van der Waals surface area (Å²) in [5.74, 6) is -0.363. The fourth-order valence-electron chi connectivity index (χ4n) is 2.74. The van der Waals surface area contributed by atoms with Gasteiger partial charge in [0.25, 0.3) is 0 Å². The van der Waals surface area contributed by atoms with E-state index < -0.39 is 12.2 Å². The Morgan fingerprint density at radius 1 is 1.25 bits per heavy atom. The molecule has 1 aliphatic rings. The summed E-state index contributed by atoms with van der Waals surface area (Å²) in [7, 11) is 0. The summed E-state index contributed by atoms with van der Waals surface area (Å²) in [6.45, 7) is 9.02. The molecule has 1 saturated heterocycles. The zero-order chi connectivity index (χ0) is 18.3. The number of nitrogens with zero attached hydrogens (tertiary/aromatic N) is 2. The van der Waals surface area contributed by atoms with Crippen LogP contribution in [0.25, 0.3) is 0 Å². The van der Waals surface area contributed by atoms with Crippen LogP contribution >= 0.6 is 0 Å². The van der Waals surface area contributed by atoms with E-state index in [2.05, 4.69) is 5.32 Å². The zero-order valence-corrected chi connectivity index (χ0v) is 15.0. The second-order valence-electron chi connectivity index (χ2n) is 6.82. The van der Waals surface area contributed by atoms with Crippen LogP contribution in [0.5, 0.6) is 0 Å². The summed E-state index contributed by atoms with van der Waals surface area (Å²) >= 11 is 0. The molecular weight excluding hydrogens is 323 g/mol. The molecule has 8 heteroatoms. The van der Waals surface area contributed by atoms with Crippen molar-refractivity contribution < 1.29 is 22.7 Å². The predicted octanol–water partition coefficient (Wildman–Crippen LogP) is 1.87. The molecule has 0 aromatic heterocycles. The fraction of sp³-hybridized carbons (Fsp3) is 0.938. The number of carbonyl (C=O) groups excluding carboxylic acids is 1. The molecule has 0 aliphatic carbocycles. The van der Waals surface area contributed by atoms with Crippen LogP contribution in [0.3, 0.4) is 0 Å². The van der Waals surface area contributed by atoms with Crippen molar-refractivity contribution in [3.8, 4) is 0 Å². The Morgan fingerprint density at radius 3 is 2.46 bits per heavy atom. The van der Waals surface area contributed by atoms with Gasteiger partial charge >= 0.3 is 6.18 Å². The van der Waals surface area contributed by atoms with Gasteiger partial charge in [0.05, 0.1) is 12.6 Å². The van der Waals surface area contributed by atoms with Crippen LogP contribution in [0, 0.1) is 0 Å². The summed E-state index contributed by atoms with van der Waals surface area (Å²) in [6, 6.07) is -1.68. The molecule has 0 spiro atoms. The maximum absolute atomic E-state index is 13.3. The van der Waals surface area contributed by atoms with Crippen LogP contribution in [0.2, 0.25) is 0 Å². The molecule has 0 radical (unpaired) electrons. The average molecular weight is 353 g/mol. The van der Waals surface area contributed by atoms with Crippen molar-refractivity contribution in [1.82, 2.24) is 15.1 Å². The normalized spacial score (nSPS) is 20.8. The van der Waals surface area contributed by atoms with Gasteiger partial charge in [-0.3, -0.25) is 9.69 Å². The summed E-state index contributed by atoms with van der Waals surface area (Å²) in [4.78, 5) is 14.8. The lowest BCUT2D eigenvalue weighted by atomic mass is 10.1. The van der Waals surface area contributed by atoms with E-state index in [-0.39, 0.29) is 37.7 Å². The lowest BCUT2D eigenvalue weighted by Crippen LogP contribution is -2.60. The zero-order valence-electron chi connectivity index (χ0n) is 15.0. The van der Waals surface area contributed by atoms with E-state index in [1.807, 2.05) is 13.8 Å². The highest BCUT2D eigenvalue weighted by atomic mass is 19.4. The van der Waals surface area contributed by atoms with E-state index in [9.17, 15) is 18.0 Å². The molecule has 1 fully saturated rings. The van der Waals surface area contributed by atoms with Gasteiger partial charge in [-0.05, 0) is 34.1 Å². The Balaban J connectivity index is 2.53. The van der Waals surface area contributed by atoms with Gasteiger partial charge in [-0.1, -0.05) is 0 Å². The quantitative estimate of drug-likeness (QED) is 0.677. The van der Waals surface area contributed by atoms with Crippen molar-refractivity contribution in [2.75, 3.05) is 39.3 Å². The minimum absolute atomic E-state index is 0.0796. The van der Waals surface area contributed by atoms with Crippen molar-refractivity contribution in [1.29, 1.82) is 0 Å². The van der Waals surface area contributed by atoms with Crippen LogP contribution in [-0.4, -0.2) is 79.4 Å². The monoisotopic (exact) mass is 353 g/mol. The van der Waals surface area contributed by atoms with Crippen LogP contribution in [0.15, 0.2) is 0 Å². The summed E-state index contributed by atoms with van der Waals surface area (Å²) in [5, 5.41) is 2.65. The maximum Gasteiger partial charge on any atom is 0.405 e. The van der Waals surface area contributed by atoms with Crippen LogP contribution in [0.1, 0.15) is 34.1 Å². The standard InChI is InChI=1S/C16H30F3N3O2/c1-12(2)20-15(23)11-22-8-7-21(6-5-9-24-13(3)4)10-14(22)16(17,18)19/h12-14H,5-11H2,1-4H3,(H,20,23)/t14-/m1/s1. The van der Waals surface area contributed by atoms with E-state index in [0.717, 1.165) is 0 Å². The van der Waals surface area contributed by atoms with Crippen molar-refractivity contribution in [3.05, 3.63) is 0 Å². The molecule has 1 amide bonds. The molecule has 0 saturated carbocycles. The fourth-order valence-corrected chi connectivity index (χ4v) is 2.74. The predicted molar refractivity (Wildman–Crippen MR) is 86.8 cm³/mol. The van der Waals surface area contributed by atoms with Gasteiger partial charge in [0.2, 0.25) is 5.91 Å². The first-order valence-corrected chi connectivity index (χ1v) is 8.53. The molecule has 0 aromatic carbocycles. The second kappa shape index (κ2) is 9.58. The molecule has 24 heavy (non-hydrogen) atoms. The molecule has 1 atom stereocenters. The third-order valence-electron chi connectivity index (χ3n) is 3.82. The van der Waals surface area contributed by atoms with Gasteiger partial charge < -0.3 is 15.0 Å². The molecule has 5 nitrogen and oxygen atoms in total. The van der Waals surface area contributed by atoms with Crippen molar-refractivity contribution in [2.45, 2.75) is 58.5 Å². The van der Waals surface area contributed by atoms with Gasteiger partial charge in [0.1, 0.15) is 6.04 Å². The number of alkyl halides is 3. The Morgan fingerprint density at radius 2 is 1.92 bits per heavy atom. The van der Waals surface area contributed by atoms with Gasteiger partial charge in [-0.15, -0.1) is 0 Å². The summed E-state index contributed by atoms with van der Waals surface area (Å²) in [5.41, 5.74) is 0. The van der Waals surface area contributed by atoms with Crippen LogP contribution < -0.4 is 5.32 Å². The Kier molecular flexibility index (Phi) is 8.45. The van der Waals surface area contributed by atoms with E-state index in [1.165, 1.54) is 4.90 Å². The number of amides is 1. The maximum atomic E-state index is 13.3. The van der Waals surface area contributed by atoms with Crippen LogP contribution in [-0.2, 0) is 9.53 Å². The molecule has 0 unspecified atom stereocenters. The van der Waals surface area contributed by atoms with Gasteiger partial charge in [-0.2, -0.15) is 13.2 Å². The van der Waals surface area contributed by atoms with E-state index in [0.29, 0.717) is 26.1 Å². The number of hydrogen-bond donors (Lipinski definition) is 1. The van der Waals surface area contributed by atoms with Gasteiger partial charge in [0, 0.05) is 38.8 Å². The molecule has 0 bridgehead atoms. The first kappa shape index (κ1) is 21.2.